The molecule has 3 aliphatic rings. The molecule has 2 unspecified atom stereocenters. The lowest BCUT2D eigenvalue weighted by Crippen LogP contribution is -2.68. The molecule has 3 heterocycles. The van der Waals surface area contributed by atoms with Crippen molar-refractivity contribution in [3.05, 3.63) is 0 Å². The molecule has 0 aliphatic carbocycles. The predicted octanol–water partition coefficient (Wildman–Crippen LogP) is -0.866. The van der Waals surface area contributed by atoms with Crippen molar-refractivity contribution in [3.63, 3.8) is 0 Å². The quantitative estimate of drug-likeness (QED) is 0.536. The van der Waals surface area contributed by atoms with Crippen LogP contribution in [0.15, 0.2) is 0 Å². The first-order valence-electron chi connectivity index (χ1n) is 5.98. The van der Waals surface area contributed by atoms with Crippen LogP contribution < -0.4 is 0 Å². The molecule has 3 aliphatic heterocycles. The van der Waals surface area contributed by atoms with Gasteiger partial charge in [0.1, 0.15) is 12.1 Å². The maximum absolute atomic E-state index is 12.2. The van der Waals surface area contributed by atoms with Crippen LogP contribution in [0.5, 0.6) is 0 Å². The number of piperazine rings is 2. The lowest BCUT2D eigenvalue weighted by Gasteiger charge is -2.46. The first-order valence-corrected chi connectivity index (χ1v) is 5.98. The number of hydrogen-bond acceptors (Lipinski definition) is 3. The molecule has 3 rings (SSSR count). The van der Waals surface area contributed by atoms with Gasteiger partial charge >= 0.3 is 0 Å². The molecule has 0 aromatic rings. The summed E-state index contributed by atoms with van der Waals surface area (Å²) in [6, 6.07) is -0.368. The minimum absolute atomic E-state index is 0.146. The molecule has 2 amide bonds. The summed E-state index contributed by atoms with van der Waals surface area (Å²) in [7, 11) is 2.01. The summed E-state index contributed by atoms with van der Waals surface area (Å²) < 4.78 is 0. The molecule has 0 radical (unpaired) electrons. The van der Waals surface area contributed by atoms with Crippen molar-refractivity contribution >= 4 is 11.8 Å². The van der Waals surface area contributed by atoms with Gasteiger partial charge in [0, 0.05) is 26.2 Å². The topological polar surface area (TPSA) is 43.9 Å². The molecule has 0 spiro atoms. The third-order valence-corrected chi connectivity index (χ3v) is 3.97. The van der Waals surface area contributed by atoms with Crippen LogP contribution in [0, 0.1) is 0 Å². The molecule has 2 atom stereocenters. The molecule has 16 heavy (non-hydrogen) atoms. The first-order chi connectivity index (χ1) is 7.68. The van der Waals surface area contributed by atoms with Gasteiger partial charge in [0.15, 0.2) is 0 Å². The summed E-state index contributed by atoms with van der Waals surface area (Å²) in [6.45, 7) is 3.04. The van der Waals surface area contributed by atoms with Gasteiger partial charge in [-0.15, -0.1) is 0 Å². The monoisotopic (exact) mass is 223 g/mol. The third kappa shape index (κ3) is 1.27. The second-order valence-corrected chi connectivity index (χ2v) is 5.00. The van der Waals surface area contributed by atoms with E-state index in [9.17, 15) is 9.59 Å². The van der Waals surface area contributed by atoms with Crippen LogP contribution in [0.25, 0.3) is 0 Å². The Kier molecular flexibility index (Phi) is 2.17. The van der Waals surface area contributed by atoms with E-state index in [0.717, 1.165) is 25.9 Å². The maximum atomic E-state index is 12.2. The predicted molar refractivity (Wildman–Crippen MR) is 57.7 cm³/mol. The molecule has 0 saturated carbocycles. The zero-order valence-corrected chi connectivity index (χ0v) is 9.56. The molecular weight excluding hydrogens is 206 g/mol. The number of carbonyl (C=O) groups excluding carboxylic acids is 2. The van der Waals surface area contributed by atoms with Crippen LogP contribution in [0.2, 0.25) is 0 Å². The van der Waals surface area contributed by atoms with Crippen molar-refractivity contribution in [1.82, 2.24) is 14.7 Å². The fraction of sp³-hybridized carbons (Fsp3) is 0.818. The fourth-order valence-electron chi connectivity index (χ4n) is 3.06. The first kappa shape index (κ1) is 10.1. The van der Waals surface area contributed by atoms with E-state index < -0.39 is 0 Å². The summed E-state index contributed by atoms with van der Waals surface area (Å²) in [6.07, 6.45) is 1.82. The Morgan fingerprint density at radius 3 is 2.50 bits per heavy atom. The second kappa shape index (κ2) is 3.45. The van der Waals surface area contributed by atoms with Gasteiger partial charge in [-0.2, -0.15) is 0 Å². The van der Waals surface area contributed by atoms with Gasteiger partial charge in [0.25, 0.3) is 0 Å². The van der Waals surface area contributed by atoms with E-state index in [-0.39, 0.29) is 23.9 Å². The van der Waals surface area contributed by atoms with Crippen LogP contribution in [-0.4, -0.2) is 71.8 Å². The average Bonchev–Trinajstić information content (AvgIpc) is 2.75. The molecule has 5 nitrogen and oxygen atoms in total. The highest BCUT2D eigenvalue weighted by molar-refractivity contribution is 5.97. The third-order valence-electron chi connectivity index (χ3n) is 3.97. The molecule has 3 saturated heterocycles. The maximum Gasteiger partial charge on any atom is 0.247 e. The summed E-state index contributed by atoms with van der Waals surface area (Å²) in [5.74, 6) is 0.337. The molecule has 3 fully saturated rings. The summed E-state index contributed by atoms with van der Waals surface area (Å²) in [5, 5.41) is 0. The number of likely N-dealkylation sites (N-methyl/N-ethyl adjacent to an activating group) is 1. The van der Waals surface area contributed by atoms with Crippen molar-refractivity contribution in [1.29, 1.82) is 0 Å². The van der Waals surface area contributed by atoms with Gasteiger partial charge in [-0.1, -0.05) is 0 Å². The molecule has 88 valence electrons. The van der Waals surface area contributed by atoms with Gasteiger partial charge in [-0.3, -0.25) is 9.59 Å². The number of nitrogens with zero attached hydrogens (tertiary/aromatic N) is 3. The van der Waals surface area contributed by atoms with E-state index in [1.807, 2.05) is 7.05 Å². The normalized spacial score (nSPS) is 35.3. The van der Waals surface area contributed by atoms with Crippen LogP contribution in [0.4, 0.5) is 0 Å². The van der Waals surface area contributed by atoms with E-state index in [1.165, 1.54) is 0 Å². The molecule has 0 bridgehead atoms. The van der Waals surface area contributed by atoms with Crippen molar-refractivity contribution in [2.45, 2.75) is 24.9 Å². The van der Waals surface area contributed by atoms with Gasteiger partial charge in [0.05, 0.1) is 0 Å². The zero-order chi connectivity index (χ0) is 11.3. The van der Waals surface area contributed by atoms with E-state index in [2.05, 4.69) is 4.90 Å². The number of fused-ring (bicyclic) bond motifs is 2. The lowest BCUT2D eigenvalue weighted by atomic mass is 10.0. The Labute approximate surface area is 95.0 Å². The van der Waals surface area contributed by atoms with Gasteiger partial charge in [-0.25, -0.2) is 0 Å². The second-order valence-electron chi connectivity index (χ2n) is 5.00. The van der Waals surface area contributed by atoms with Crippen molar-refractivity contribution < 1.29 is 9.59 Å². The van der Waals surface area contributed by atoms with Crippen LogP contribution in [0.1, 0.15) is 12.8 Å². The molecule has 0 aromatic carbocycles. The molecular formula is C11H17N3O2. The van der Waals surface area contributed by atoms with Gasteiger partial charge in [-0.05, 0) is 19.9 Å². The van der Waals surface area contributed by atoms with Crippen LogP contribution in [-0.2, 0) is 9.59 Å². The van der Waals surface area contributed by atoms with E-state index in [1.54, 1.807) is 9.80 Å². The lowest BCUT2D eigenvalue weighted by molar-refractivity contribution is -0.162. The number of amides is 2. The summed E-state index contributed by atoms with van der Waals surface area (Å²) in [5.41, 5.74) is 0. The van der Waals surface area contributed by atoms with Crippen molar-refractivity contribution in [3.8, 4) is 0 Å². The standard InChI is InChI=1S/C11H17N3O2/c1-12-5-6-14-9(7-12)11(16)13-4-2-3-8(13)10(14)15/h8-9H,2-7H2,1H3. The highest BCUT2D eigenvalue weighted by Gasteiger charge is 2.48. The molecule has 5 heteroatoms. The number of carbonyl (C=O) groups is 2. The minimum Gasteiger partial charge on any atom is -0.329 e. The Morgan fingerprint density at radius 1 is 1.00 bits per heavy atom. The Hall–Kier alpha value is -1.10. The number of rotatable bonds is 0. The van der Waals surface area contributed by atoms with Gasteiger partial charge in [0.2, 0.25) is 11.8 Å². The smallest absolute Gasteiger partial charge is 0.247 e. The van der Waals surface area contributed by atoms with E-state index in [0.29, 0.717) is 13.1 Å². The van der Waals surface area contributed by atoms with Crippen LogP contribution in [0.3, 0.4) is 0 Å². The van der Waals surface area contributed by atoms with Crippen LogP contribution >= 0.6 is 0 Å². The van der Waals surface area contributed by atoms with E-state index >= 15 is 0 Å². The summed E-state index contributed by atoms with van der Waals surface area (Å²) >= 11 is 0. The fourth-order valence-corrected chi connectivity index (χ4v) is 3.06. The van der Waals surface area contributed by atoms with Gasteiger partial charge < -0.3 is 14.7 Å². The average molecular weight is 223 g/mol. The highest BCUT2D eigenvalue weighted by atomic mass is 16.2. The Bertz CT molecular complexity index is 344. The molecule has 0 aromatic heterocycles. The minimum atomic E-state index is -0.222. The van der Waals surface area contributed by atoms with Crippen molar-refractivity contribution in [2.75, 3.05) is 33.2 Å². The zero-order valence-electron chi connectivity index (χ0n) is 9.56. The Morgan fingerprint density at radius 2 is 1.69 bits per heavy atom. The Balaban J connectivity index is 1.90. The molecule has 0 N–H and O–H groups in total. The largest absolute Gasteiger partial charge is 0.329 e. The van der Waals surface area contributed by atoms with Crippen molar-refractivity contribution in [2.24, 2.45) is 0 Å². The van der Waals surface area contributed by atoms with E-state index in [4.69, 9.17) is 0 Å². The summed E-state index contributed by atoms with van der Waals surface area (Å²) in [4.78, 5) is 30.2. The SMILES string of the molecule is CN1CCN2C(=O)C3CCCN3C(=O)C2C1. The number of hydrogen-bond donors (Lipinski definition) is 0. The highest BCUT2D eigenvalue weighted by Crippen LogP contribution is 2.28.